The number of aliphatic carboxylic acids is 1. The Bertz CT molecular complexity index is 900. The highest BCUT2D eigenvalue weighted by Gasteiger charge is 2.54. The number of thioether (sulfide) groups is 1. The summed E-state index contributed by atoms with van der Waals surface area (Å²) >= 11 is 7.12. The molecule has 10 nitrogen and oxygen atoms in total. The monoisotopic (exact) mass is 442 g/mol. The van der Waals surface area contributed by atoms with Crippen molar-refractivity contribution in [1.82, 2.24) is 20.0 Å². The summed E-state index contributed by atoms with van der Waals surface area (Å²) in [4.78, 5) is 48.9. The van der Waals surface area contributed by atoms with Gasteiger partial charge >= 0.3 is 11.9 Å². The minimum Gasteiger partial charge on any atom is -0.477 e. The first-order chi connectivity index (χ1) is 13.7. The molecule has 0 bridgehead atoms. The van der Waals surface area contributed by atoms with E-state index in [0.29, 0.717) is 10.6 Å². The van der Waals surface area contributed by atoms with Crippen LogP contribution in [-0.4, -0.2) is 67.3 Å². The summed E-state index contributed by atoms with van der Waals surface area (Å²) in [7, 11) is 0. The molecule has 3 rings (SSSR count). The van der Waals surface area contributed by atoms with Crippen molar-refractivity contribution < 1.29 is 29.0 Å². The minimum atomic E-state index is -1.28. The molecule has 0 aliphatic carbocycles. The highest BCUT2D eigenvalue weighted by Crippen LogP contribution is 2.40. The van der Waals surface area contributed by atoms with Crippen molar-refractivity contribution in [1.29, 1.82) is 0 Å². The molecule has 1 aromatic rings. The Balaban J connectivity index is 1.66. The fourth-order valence-electron chi connectivity index (χ4n) is 3.08. The van der Waals surface area contributed by atoms with Gasteiger partial charge in [-0.3, -0.25) is 24.0 Å². The van der Waals surface area contributed by atoms with Crippen LogP contribution in [0.1, 0.15) is 13.8 Å². The van der Waals surface area contributed by atoms with E-state index in [9.17, 15) is 24.3 Å². The van der Waals surface area contributed by atoms with E-state index in [1.54, 1.807) is 13.1 Å². The second-order valence-corrected chi connectivity index (χ2v) is 8.26. The van der Waals surface area contributed by atoms with Gasteiger partial charge in [-0.05, 0) is 0 Å². The zero-order valence-electron chi connectivity index (χ0n) is 15.6. The van der Waals surface area contributed by atoms with Crippen molar-refractivity contribution in [3.05, 3.63) is 28.7 Å². The number of rotatable bonds is 7. The summed E-state index contributed by atoms with van der Waals surface area (Å²) < 4.78 is 6.42. The van der Waals surface area contributed by atoms with Crippen molar-refractivity contribution in [3.63, 3.8) is 0 Å². The second-order valence-electron chi connectivity index (χ2n) is 6.72. The van der Waals surface area contributed by atoms with Gasteiger partial charge in [0.15, 0.2) is 0 Å². The number of aromatic nitrogens is 2. The fourth-order valence-corrected chi connectivity index (χ4v) is 4.56. The Kier molecular flexibility index (Phi) is 6.18. The molecule has 2 amide bonds. The third kappa shape index (κ3) is 4.40. The van der Waals surface area contributed by atoms with Gasteiger partial charge in [0.25, 0.3) is 5.91 Å². The summed E-state index contributed by atoms with van der Waals surface area (Å²) in [5.74, 6) is -2.88. The predicted octanol–water partition coefficient (Wildman–Crippen LogP) is 0.474. The Morgan fingerprint density at radius 2 is 2.21 bits per heavy atom. The average molecular weight is 443 g/mol. The van der Waals surface area contributed by atoms with E-state index < -0.39 is 35.2 Å². The van der Waals surface area contributed by atoms with Gasteiger partial charge in [-0.15, -0.1) is 11.8 Å². The number of amides is 2. The summed E-state index contributed by atoms with van der Waals surface area (Å²) in [5, 5.41) is 16.2. The number of hydrogen-bond donors (Lipinski definition) is 2. The van der Waals surface area contributed by atoms with Crippen LogP contribution in [0.15, 0.2) is 23.7 Å². The predicted molar refractivity (Wildman–Crippen MR) is 103 cm³/mol. The van der Waals surface area contributed by atoms with Crippen LogP contribution >= 0.6 is 23.4 Å². The molecule has 0 spiro atoms. The van der Waals surface area contributed by atoms with Crippen LogP contribution < -0.4 is 5.32 Å². The highest BCUT2D eigenvalue weighted by atomic mass is 35.5. The maximum Gasteiger partial charge on any atom is 0.352 e. The number of ether oxygens (including phenoxy) is 1. The lowest BCUT2D eigenvalue weighted by molar-refractivity contribution is -0.151. The van der Waals surface area contributed by atoms with Gasteiger partial charge in [0, 0.05) is 24.4 Å². The van der Waals surface area contributed by atoms with Crippen LogP contribution in [0, 0.1) is 5.92 Å². The first-order valence-corrected chi connectivity index (χ1v) is 10.1. The average Bonchev–Trinajstić information content (AvgIpc) is 3.07. The minimum absolute atomic E-state index is 0.190. The van der Waals surface area contributed by atoms with Gasteiger partial charge in [0.05, 0.1) is 23.7 Å². The molecule has 0 saturated carbocycles. The van der Waals surface area contributed by atoms with Gasteiger partial charge in [-0.2, -0.15) is 5.10 Å². The summed E-state index contributed by atoms with van der Waals surface area (Å²) in [6.45, 7) is 3.01. The van der Waals surface area contributed by atoms with E-state index in [2.05, 4.69) is 10.4 Å². The molecule has 156 valence electrons. The lowest BCUT2D eigenvalue weighted by Gasteiger charge is -2.49. The number of halogens is 1. The molecule has 1 aromatic heterocycles. The van der Waals surface area contributed by atoms with Crippen molar-refractivity contribution >= 4 is 47.1 Å². The standard InChI is InChI=1S/C17H19ClN4O6S/c1-8(4-21-5-11(18)3-19-21)14(24)20-12-15(25)22-13(17(26)27)10(6-28-9(2)23)7-29-16(12)22/h3,5,8,12,16H,4,6-7H2,1-2H3,(H,20,24)(H,26,27)/t8-,12-,16-/m1/s1. The molecule has 2 aliphatic rings. The Morgan fingerprint density at radius 3 is 2.79 bits per heavy atom. The molecule has 2 aliphatic heterocycles. The molecular weight excluding hydrogens is 424 g/mol. The largest absolute Gasteiger partial charge is 0.477 e. The van der Waals surface area contributed by atoms with Crippen molar-refractivity contribution in [2.24, 2.45) is 5.92 Å². The third-order valence-electron chi connectivity index (χ3n) is 4.51. The summed E-state index contributed by atoms with van der Waals surface area (Å²) in [6.07, 6.45) is 3.05. The molecule has 12 heteroatoms. The van der Waals surface area contributed by atoms with Gasteiger partial charge in [-0.25, -0.2) is 4.79 Å². The van der Waals surface area contributed by atoms with Crippen LogP contribution in [0.2, 0.25) is 5.02 Å². The molecule has 29 heavy (non-hydrogen) atoms. The number of carboxylic acid groups (broad SMARTS) is 1. The van der Waals surface area contributed by atoms with Crippen molar-refractivity contribution in [3.8, 4) is 0 Å². The molecule has 1 fully saturated rings. The molecule has 0 radical (unpaired) electrons. The van der Waals surface area contributed by atoms with Gasteiger partial charge in [-0.1, -0.05) is 18.5 Å². The number of esters is 1. The molecule has 1 saturated heterocycles. The molecule has 3 heterocycles. The van der Waals surface area contributed by atoms with Crippen LogP contribution in [0.5, 0.6) is 0 Å². The molecule has 0 unspecified atom stereocenters. The van der Waals surface area contributed by atoms with E-state index in [4.69, 9.17) is 16.3 Å². The maximum atomic E-state index is 12.6. The van der Waals surface area contributed by atoms with E-state index in [1.807, 2.05) is 0 Å². The molecule has 0 aromatic carbocycles. The number of β-lactam (4-membered cyclic amide) rings is 1. The number of fused-ring (bicyclic) bond motifs is 1. The topological polar surface area (TPSA) is 131 Å². The molecule has 3 atom stereocenters. The van der Waals surface area contributed by atoms with E-state index in [-0.39, 0.29) is 30.5 Å². The van der Waals surface area contributed by atoms with Crippen LogP contribution in [-0.2, 0) is 30.5 Å². The maximum absolute atomic E-state index is 12.6. The second kappa shape index (κ2) is 8.46. The Labute approximate surface area is 175 Å². The summed E-state index contributed by atoms with van der Waals surface area (Å²) in [5.41, 5.74) is 0.153. The van der Waals surface area contributed by atoms with E-state index in [1.165, 1.54) is 29.6 Å². The quantitative estimate of drug-likeness (QED) is 0.460. The Hall–Kier alpha value is -2.53. The lowest BCUT2D eigenvalue weighted by atomic mass is 10.0. The summed E-state index contributed by atoms with van der Waals surface area (Å²) in [6, 6.07) is -0.819. The van der Waals surface area contributed by atoms with Crippen LogP contribution in [0.3, 0.4) is 0 Å². The first kappa shape index (κ1) is 21.2. The van der Waals surface area contributed by atoms with E-state index >= 15 is 0 Å². The van der Waals surface area contributed by atoms with Crippen LogP contribution in [0.25, 0.3) is 0 Å². The van der Waals surface area contributed by atoms with Gasteiger partial charge in [0.2, 0.25) is 5.91 Å². The van der Waals surface area contributed by atoms with Crippen molar-refractivity contribution in [2.75, 3.05) is 12.4 Å². The normalized spacial score (nSPS) is 21.9. The van der Waals surface area contributed by atoms with E-state index in [0.717, 1.165) is 4.90 Å². The number of carbonyl (C=O) groups excluding carboxylic acids is 3. The zero-order chi connectivity index (χ0) is 21.3. The number of nitrogens with zero attached hydrogens (tertiary/aromatic N) is 3. The highest BCUT2D eigenvalue weighted by molar-refractivity contribution is 8.00. The Morgan fingerprint density at radius 1 is 1.48 bits per heavy atom. The van der Waals surface area contributed by atoms with Crippen molar-refractivity contribution in [2.45, 2.75) is 31.8 Å². The smallest absolute Gasteiger partial charge is 0.352 e. The van der Waals surface area contributed by atoms with Gasteiger partial charge in [0.1, 0.15) is 23.7 Å². The molecule has 2 N–H and O–H groups in total. The first-order valence-electron chi connectivity index (χ1n) is 8.70. The number of hydrogen-bond acceptors (Lipinski definition) is 7. The third-order valence-corrected chi connectivity index (χ3v) is 6.04. The number of carboxylic acids is 1. The number of carbonyl (C=O) groups is 4. The fraction of sp³-hybridized carbons (Fsp3) is 0.471. The number of nitrogens with one attached hydrogen (secondary N) is 1. The lowest BCUT2D eigenvalue weighted by Crippen LogP contribution is -2.71. The van der Waals surface area contributed by atoms with Crippen LogP contribution in [0.4, 0.5) is 0 Å². The van der Waals surface area contributed by atoms with Gasteiger partial charge < -0.3 is 15.2 Å². The SMILES string of the molecule is CC(=O)OCC1=C(C(=O)O)N2C(=O)[C@@H](NC(=O)[C@H](C)Cn3cc(Cl)cn3)[C@H]2SC1. The molecular formula is C17H19ClN4O6S. The zero-order valence-corrected chi connectivity index (χ0v) is 17.2.